The minimum atomic E-state index is -0.512. The Kier molecular flexibility index (Phi) is 7.94. The number of hydrogen-bond donors (Lipinski definition) is 2. The fourth-order valence-electron chi connectivity index (χ4n) is 3.18. The van der Waals surface area contributed by atoms with E-state index < -0.39 is 6.04 Å². The second-order valence-corrected chi connectivity index (χ2v) is 6.92. The summed E-state index contributed by atoms with van der Waals surface area (Å²) in [6.45, 7) is 3.68. The van der Waals surface area contributed by atoms with Gasteiger partial charge in [0.15, 0.2) is 11.5 Å². The summed E-state index contributed by atoms with van der Waals surface area (Å²) in [5.74, 6) is 1.36. The van der Waals surface area contributed by atoms with Gasteiger partial charge in [-0.1, -0.05) is 18.2 Å². The number of nitrogens with one attached hydrogen (secondary N) is 2. The van der Waals surface area contributed by atoms with Crippen LogP contribution in [-0.4, -0.2) is 44.2 Å². The first-order valence-electron chi connectivity index (χ1n) is 10.3. The first-order chi connectivity index (χ1) is 14.7. The topological polar surface area (TPSA) is 85.9 Å². The molecule has 0 bridgehead atoms. The molecule has 0 aliphatic carbocycles. The van der Waals surface area contributed by atoms with Gasteiger partial charge in [0, 0.05) is 12.1 Å². The fraction of sp³-hybridized carbons (Fsp3) is 0.391. The highest BCUT2D eigenvalue weighted by Crippen LogP contribution is 2.28. The van der Waals surface area contributed by atoms with Crippen LogP contribution in [0.1, 0.15) is 36.5 Å². The summed E-state index contributed by atoms with van der Waals surface area (Å²) in [6.07, 6.45) is 2.46. The maximum absolute atomic E-state index is 12.6. The number of rotatable bonds is 9. The monoisotopic (exact) mass is 412 g/mol. The number of carbonyl (C=O) groups excluding carboxylic acids is 2. The van der Waals surface area contributed by atoms with Gasteiger partial charge < -0.3 is 24.8 Å². The zero-order valence-electron chi connectivity index (χ0n) is 17.2. The van der Waals surface area contributed by atoms with Crippen LogP contribution in [0.4, 0.5) is 0 Å². The van der Waals surface area contributed by atoms with Gasteiger partial charge in [-0.05, 0) is 56.5 Å². The molecular formula is C23H28N2O5. The first-order valence-corrected chi connectivity index (χ1v) is 10.3. The average molecular weight is 412 g/mol. The molecule has 2 aromatic carbocycles. The molecule has 3 rings (SSSR count). The first kappa shape index (κ1) is 21.5. The summed E-state index contributed by atoms with van der Waals surface area (Å²) in [6, 6.07) is 14.0. The molecular weight excluding hydrogens is 384 g/mol. The second-order valence-electron chi connectivity index (χ2n) is 6.92. The van der Waals surface area contributed by atoms with Gasteiger partial charge >= 0.3 is 0 Å². The number of amides is 2. The Labute approximate surface area is 176 Å². The number of hydrogen-bond acceptors (Lipinski definition) is 5. The van der Waals surface area contributed by atoms with Crippen molar-refractivity contribution in [3.05, 3.63) is 54.1 Å². The summed E-state index contributed by atoms with van der Waals surface area (Å²) >= 11 is 0. The quantitative estimate of drug-likeness (QED) is 0.619. The highest BCUT2D eigenvalue weighted by Gasteiger charge is 2.23. The maximum Gasteiger partial charge on any atom is 0.252 e. The number of benzene rings is 2. The Bertz CT molecular complexity index is 841. The van der Waals surface area contributed by atoms with Crippen LogP contribution in [0.5, 0.6) is 17.2 Å². The lowest BCUT2D eigenvalue weighted by molar-refractivity contribution is -0.122. The predicted octanol–water partition coefficient (Wildman–Crippen LogP) is 2.94. The van der Waals surface area contributed by atoms with Crippen molar-refractivity contribution in [2.75, 3.05) is 26.4 Å². The van der Waals surface area contributed by atoms with Crippen LogP contribution in [0.25, 0.3) is 0 Å². The van der Waals surface area contributed by atoms with Crippen molar-refractivity contribution >= 4 is 11.8 Å². The minimum absolute atomic E-state index is 0.135. The second kappa shape index (κ2) is 11.1. The van der Waals surface area contributed by atoms with Crippen molar-refractivity contribution in [2.45, 2.75) is 32.2 Å². The molecule has 1 unspecified atom stereocenters. The standard InChI is InChI=1S/C23H28N2O5/c1-2-28-21-16-17(22(26)25-19-10-6-7-13-24-23(19)27)11-12-20(21)30-15-14-29-18-8-4-3-5-9-18/h3-5,8-9,11-12,16,19H,2,6-7,10,13-15H2,1H3,(H,24,27)(H,25,26). The van der Waals surface area contributed by atoms with Crippen LogP contribution in [0.3, 0.4) is 0 Å². The summed E-state index contributed by atoms with van der Waals surface area (Å²) in [7, 11) is 0. The molecule has 0 aromatic heterocycles. The van der Waals surface area contributed by atoms with E-state index in [4.69, 9.17) is 14.2 Å². The lowest BCUT2D eigenvalue weighted by Crippen LogP contribution is -2.45. The van der Waals surface area contributed by atoms with E-state index >= 15 is 0 Å². The van der Waals surface area contributed by atoms with Crippen LogP contribution in [-0.2, 0) is 4.79 Å². The number of ether oxygens (including phenoxy) is 3. The molecule has 0 radical (unpaired) electrons. The van der Waals surface area contributed by atoms with E-state index in [0.29, 0.717) is 49.8 Å². The Morgan fingerprint density at radius 1 is 1.03 bits per heavy atom. The zero-order valence-corrected chi connectivity index (χ0v) is 17.2. The third-order valence-corrected chi connectivity index (χ3v) is 4.70. The summed E-state index contributed by atoms with van der Waals surface area (Å²) in [5, 5.41) is 5.64. The van der Waals surface area contributed by atoms with E-state index in [1.807, 2.05) is 37.3 Å². The highest BCUT2D eigenvalue weighted by molar-refractivity contribution is 5.98. The van der Waals surface area contributed by atoms with Crippen molar-refractivity contribution in [3.8, 4) is 17.2 Å². The molecule has 1 saturated heterocycles. The van der Waals surface area contributed by atoms with Gasteiger partial charge in [-0.2, -0.15) is 0 Å². The summed E-state index contributed by atoms with van der Waals surface area (Å²) in [5.41, 5.74) is 0.420. The molecule has 1 fully saturated rings. The SMILES string of the molecule is CCOc1cc(C(=O)NC2CCCCNC2=O)ccc1OCCOc1ccccc1. The van der Waals surface area contributed by atoms with Crippen molar-refractivity contribution in [3.63, 3.8) is 0 Å². The van der Waals surface area contributed by atoms with Crippen LogP contribution in [0, 0.1) is 0 Å². The summed E-state index contributed by atoms with van der Waals surface area (Å²) < 4.78 is 17.1. The molecule has 1 aliphatic rings. The lowest BCUT2D eigenvalue weighted by atomic mass is 10.1. The molecule has 7 nitrogen and oxygen atoms in total. The Balaban J connectivity index is 1.59. The van der Waals surface area contributed by atoms with Crippen molar-refractivity contribution < 1.29 is 23.8 Å². The molecule has 2 aromatic rings. The van der Waals surface area contributed by atoms with E-state index in [1.165, 1.54) is 0 Å². The zero-order chi connectivity index (χ0) is 21.2. The van der Waals surface area contributed by atoms with E-state index in [1.54, 1.807) is 18.2 Å². The lowest BCUT2D eigenvalue weighted by Gasteiger charge is -2.17. The Morgan fingerprint density at radius 3 is 2.63 bits per heavy atom. The van der Waals surface area contributed by atoms with Gasteiger partial charge in [-0.15, -0.1) is 0 Å². The Hall–Kier alpha value is -3.22. The highest BCUT2D eigenvalue weighted by atomic mass is 16.5. The van der Waals surface area contributed by atoms with Gasteiger partial charge in [0.05, 0.1) is 6.61 Å². The molecule has 0 saturated carbocycles. The third-order valence-electron chi connectivity index (χ3n) is 4.70. The molecule has 7 heteroatoms. The maximum atomic E-state index is 12.6. The molecule has 2 amide bonds. The van der Waals surface area contributed by atoms with Gasteiger partial charge in [-0.25, -0.2) is 0 Å². The van der Waals surface area contributed by atoms with Crippen molar-refractivity contribution in [2.24, 2.45) is 0 Å². The molecule has 1 atom stereocenters. The van der Waals surface area contributed by atoms with E-state index in [-0.39, 0.29) is 11.8 Å². The predicted molar refractivity (Wildman–Crippen MR) is 113 cm³/mol. The smallest absolute Gasteiger partial charge is 0.252 e. The summed E-state index contributed by atoms with van der Waals surface area (Å²) in [4.78, 5) is 24.7. The van der Waals surface area contributed by atoms with E-state index in [2.05, 4.69) is 10.6 Å². The minimum Gasteiger partial charge on any atom is -0.490 e. The molecule has 1 aliphatic heterocycles. The van der Waals surface area contributed by atoms with Crippen molar-refractivity contribution in [1.82, 2.24) is 10.6 Å². The normalized spacial score (nSPS) is 16.2. The van der Waals surface area contributed by atoms with Gasteiger partial charge in [0.25, 0.3) is 5.91 Å². The molecule has 2 N–H and O–H groups in total. The van der Waals surface area contributed by atoms with Crippen molar-refractivity contribution in [1.29, 1.82) is 0 Å². The molecule has 0 spiro atoms. The Morgan fingerprint density at radius 2 is 1.83 bits per heavy atom. The molecule has 30 heavy (non-hydrogen) atoms. The van der Waals surface area contributed by atoms with Gasteiger partial charge in [0.1, 0.15) is 25.0 Å². The van der Waals surface area contributed by atoms with E-state index in [0.717, 1.165) is 18.6 Å². The van der Waals surface area contributed by atoms with Gasteiger partial charge in [-0.3, -0.25) is 9.59 Å². The van der Waals surface area contributed by atoms with Crippen LogP contribution in [0.2, 0.25) is 0 Å². The number of carbonyl (C=O) groups is 2. The number of para-hydroxylation sites is 1. The molecule has 1 heterocycles. The van der Waals surface area contributed by atoms with Crippen LogP contribution in [0.15, 0.2) is 48.5 Å². The third kappa shape index (κ3) is 6.14. The van der Waals surface area contributed by atoms with Crippen LogP contribution < -0.4 is 24.8 Å². The van der Waals surface area contributed by atoms with E-state index in [9.17, 15) is 9.59 Å². The van der Waals surface area contributed by atoms with Crippen LogP contribution >= 0.6 is 0 Å². The van der Waals surface area contributed by atoms with Gasteiger partial charge in [0.2, 0.25) is 5.91 Å². The fourth-order valence-corrected chi connectivity index (χ4v) is 3.18. The molecule has 160 valence electrons. The largest absolute Gasteiger partial charge is 0.490 e. The average Bonchev–Trinajstić information content (AvgIpc) is 2.97.